The smallest absolute Gasteiger partial charge is 0.324 e. The van der Waals surface area contributed by atoms with Gasteiger partial charge in [0.05, 0.1) is 50.4 Å². The molecule has 0 radical (unpaired) electrons. The first kappa shape index (κ1) is 29.6. The molecule has 3 amide bonds. The van der Waals surface area contributed by atoms with E-state index >= 15 is 0 Å². The van der Waals surface area contributed by atoms with Crippen LogP contribution in [0.4, 0.5) is 22.0 Å². The average molecular weight is 586 g/mol. The van der Waals surface area contributed by atoms with E-state index in [4.69, 9.17) is 24.8 Å². The zero-order valence-corrected chi connectivity index (χ0v) is 24.8. The van der Waals surface area contributed by atoms with Gasteiger partial charge in [0.15, 0.2) is 11.6 Å². The van der Waals surface area contributed by atoms with E-state index in [1.165, 1.54) is 19.1 Å². The molecule has 1 aromatic heterocycles. The van der Waals surface area contributed by atoms with Crippen molar-refractivity contribution < 1.29 is 28.6 Å². The molecule has 5 rings (SSSR count). The van der Waals surface area contributed by atoms with Gasteiger partial charge in [-0.05, 0) is 41.3 Å². The third-order valence-corrected chi connectivity index (χ3v) is 7.09. The molecule has 0 spiro atoms. The Morgan fingerprint density at radius 2 is 1.74 bits per heavy atom. The summed E-state index contributed by atoms with van der Waals surface area (Å²) in [6, 6.07) is 17.3. The summed E-state index contributed by atoms with van der Waals surface area (Å²) in [6.45, 7) is 6.98. The van der Waals surface area contributed by atoms with Crippen molar-refractivity contribution in [2.24, 2.45) is 5.73 Å². The van der Waals surface area contributed by atoms with Crippen LogP contribution >= 0.6 is 0 Å². The van der Waals surface area contributed by atoms with Crippen LogP contribution in [-0.2, 0) is 15.0 Å². The number of anilines is 3. The van der Waals surface area contributed by atoms with E-state index in [1.807, 2.05) is 51.1 Å². The lowest BCUT2D eigenvalue weighted by atomic mass is 9.85. The highest BCUT2D eigenvalue weighted by Crippen LogP contribution is 2.44. The summed E-state index contributed by atoms with van der Waals surface area (Å²) in [7, 11) is 2.96. The summed E-state index contributed by atoms with van der Waals surface area (Å²) in [5, 5.41) is 4.41. The number of hydrogen-bond donors (Lipinski definition) is 3. The lowest BCUT2D eigenvalue weighted by molar-refractivity contribution is -0.00350. The predicted octanol–water partition coefficient (Wildman–Crippen LogP) is 5.65. The summed E-state index contributed by atoms with van der Waals surface area (Å²) in [6.07, 6.45) is 1.60. The van der Waals surface area contributed by atoms with Crippen molar-refractivity contribution in [2.75, 3.05) is 37.8 Å². The van der Waals surface area contributed by atoms with E-state index in [0.717, 1.165) is 10.9 Å². The van der Waals surface area contributed by atoms with Crippen LogP contribution in [0.1, 0.15) is 36.7 Å². The maximum Gasteiger partial charge on any atom is 0.324 e. The minimum absolute atomic E-state index is 0.0931. The van der Waals surface area contributed by atoms with E-state index in [-0.39, 0.29) is 23.1 Å². The Bertz CT molecular complexity index is 1660. The Kier molecular flexibility index (Phi) is 8.38. The van der Waals surface area contributed by atoms with Crippen LogP contribution in [0.5, 0.6) is 17.2 Å². The molecule has 11 nitrogen and oxygen atoms in total. The first-order valence-corrected chi connectivity index (χ1v) is 13.8. The Labute approximate surface area is 249 Å². The maximum atomic E-state index is 13.5. The number of rotatable bonds is 9. The minimum Gasteiger partial charge on any atom is -0.494 e. The summed E-state index contributed by atoms with van der Waals surface area (Å²) < 4.78 is 17.3. The Hall–Kier alpha value is -4.87. The molecule has 3 aromatic carbocycles. The van der Waals surface area contributed by atoms with Crippen LogP contribution in [0.15, 0.2) is 66.9 Å². The van der Waals surface area contributed by atoms with Gasteiger partial charge in [0, 0.05) is 23.0 Å². The molecule has 1 saturated heterocycles. The molecule has 0 bridgehead atoms. The van der Waals surface area contributed by atoms with Crippen molar-refractivity contribution in [1.29, 1.82) is 0 Å². The third-order valence-electron chi connectivity index (χ3n) is 7.09. The zero-order chi connectivity index (χ0) is 30.7. The first-order valence-electron chi connectivity index (χ1n) is 13.8. The maximum absolute atomic E-state index is 13.5. The largest absolute Gasteiger partial charge is 0.494 e. The van der Waals surface area contributed by atoms with Gasteiger partial charge in [-0.3, -0.25) is 14.5 Å². The van der Waals surface area contributed by atoms with Crippen molar-refractivity contribution in [3.63, 3.8) is 0 Å². The molecule has 1 aliphatic rings. The molecule has 2 heterocycles. The van der Waals surface area contributed by atoms with Crippen molar-refractivity contribution in [3.05, 3.63) is 78.0 Å². The molecule has 4 aromatic rings. The lowest BCUT2D eigenvalue weighted by Gasteiger charge is -2.30. The first-order chi connectivity index (χ1) is 20.6. The van der Waals surface area contributed by atoms with Gasteiger partial charge in [-0.25, -0.2) is 15.3 Å². The van der Waals surface area contributed by atoms with Gasteiger partial charge in [-0.2, -0.15) is 0 Å². The molecule has 0 aliphatic carbocycles. The Balaban J connectivity index is 1.65. The molecule has 0 saturated carbocycles. The number of benzene rings is 3. The SMILES string of the molecule is CONc1cc(Oc2ccc(N(C(N)=O)c3cc(C(C)(C)C)cc(C(=O)NC4COC4)c3OC)c3ccccc23)ccn1. The molecule has 0 unspecified atom stereocenters. The predicted molar refractivity (Wildman–Crippen MR) is 164 cm³/mol. The number of carbonyl (C=O) groups is 2. The molecule has 1 fully saturated rings. The standard InChI is InChI=1S/C32H35N5O6/c1-32(2,3)19-14-24(30(38)35-20-17-42-18-20)29(40-4)26(15-19)37(31(33)39)25-10-11-27(23-9-7-6-8-22(23)25)43-21-12-13-34-28(16-21)36-41-5/h6-16,20H,17-18H2,1-5H3,(H2,33,39)(H,34,36)(H,35,38). The number of hydrogen-bond acceptors (Lipinski definition) is 8. The molecular formula is C32H35N5O6. The van der Waals surface area contributed by atoms with Gasteiger partial charge < -0.3 is 25.3 Å². The summed E-state index contributed by atoms with van der Waals surface area (Å²) >= 11 is 0. The van der Waals surface area contributed by atoms with Gasteiger partial charge in [0.25, 0.3) is 5.91 Å². The Morgan fingerprint density at radius 3 is 2.37 bits per heavy atom. The number of urea groups is 1. The summed E-state index contributed by atoms with van der Waals surface area (Å²) in [5.41, 5.74) is 10.4. The number of nitrogens with one attached hydrogen (secondary N) is 2. The van der Waals surface area contributed by atoms with Crippen molar-refractivity contribution in [3.8, 4) is 17.2 Å². The molecule has 0 atom stereocenters. The number of fused-ring (bicyclic) bond motifs is 1. The number of carbonyl (C=O) groups excluding carboxylic acids is 2. The van der Waals surface area contributed by atoms with Gasteiger partial charge in [-0.15, -0.1) is 0 Å². The number of ether oxygens (including phenoxy) is 3. The Morgan fingerprint density at radius 1 is 1.00 bits per heavy atom. The number of aromatic nitrogens is 1. The number of nitrogens with zero attached hydrogens (tertiary/aromatic N) is 2. The monoisotopic (exact) mass is 585 g/mol. The van der Waals surface area contributed by atoms with Crippen LogP contribution in [0.2, 0.25) is 0 Å². The molecule has 43 heavy (non-hydrogen) atoms. The molecule has 11 heteroatoms. The van der Waals surface area contributed by atoms with Crippen LogP contribution in [-0.4, -0.2) is 50.4 Å². The fraction of sp³-hybridized carbons (Fsp3) is 0.281. The second-order valence-electron chi connectivity index (χ2n) is 11.1. The van der Waals surface area contributed by atoms with E-state index in [2.05, 4.69) is 15.8 Å². The van der Waals surface area contributed by atoms with Gasteiger partial charge >= 0.3 is 6.03 Å². The van der Waals surface area contributed by atoms with E-state index < -0.39 is 6.03 Å². The van der Waals surface area contributed by atoms with Gasteiger partial charge in [-0.1, -0.05) is 45.0 Å². The highest BCUT2D eigenvalue weighted by molar-refractivity contribution is 6.11. The third kappa shape index (κ3) is 6.18. The number of primary amides is 1. The second-order valence-corrected chi connectivity index (χ2v) is 11.1. The minimum atomic E-state index is -0.744. The topological polar surface area (TPSA) is 137 Å². The fourth-order valence-corrected chi connectivity index (χ4v) is 4.85. The summed E-state index contributed by atoms with van der Waals surface area (Å²) in [4.78, 5) is 37.3. The number of methoxy groups -OCH3 is 1. The zero-order valence-electron chi connectivity index (χ0n) is 24.8. The lowest BCUT2D eigenvalue weighted by Crippen LogP contribution is -2.48. The van der Waals surface area contributed by atoms with E-state index in [1.54, 1.807) is 36.5 Å². The normalized spacial score (nSPS) is 13.2. The van der Waals surface area contributed by atoms with Crippen molar-refractivity contribution in [1.82, 2.24) is 10.3 Å². The van der Waals surface area contributed by atoms with Crippen LogP contribution in [0.25, 0.3) is 10.8 Å². The number of amides is 3. The van der Waals surface area contributed by atoms with Gasteiger partial charge in [0.2, 0.25) is 0 Å². The molecule has 224 valence electrons. The number of pyridine rings is 1. The quantitative estimate of drug-likeness (QED) is 0.214. The van der Waals surface area contributed by atoms with Crippen molar-refractivity contribution in [2.45, 2.75) is 32.2 Å². The summed E-state index contributed by atoms with van der Waals surface area (Å²) in [5.74, 6) is 1.47. The fourth-order valence-electron chi connectivity index (χ4n) is 4.85. The highest BCUT2D eigenvalue weighted by atomic mass is 16.6. The van der Waals surface area contributed by atoms with Gasteiger partial charge in [0.1, 0.15) is 11.5 Å². The molecule has 4 N–H and O–H groups in total. The van der Waals surface area contributed by atoms with E-state index in [0.29, 0.717) is 52.9 Å². The highest BCUT2D eigenvalue weighted by Gasteiger charge is 2.31. The van der Waals surface area contributed by atoms with Crippen LogP contribution < -0.4 is 30.9 Å². The van der Waals surface area contributed by atoms with Crippen LogP contribution in [0.3, 0.4) is 0 Å². The van der Waals surface area contributed by atoms with Crippen molar-refractivity contribution >= 4 is 39.9 Å². The number of nitrogens with two attached hydrogens (primary N) is 1. The molecule has 1 aliphatic heterocycles. The van der Waals surface area contributed by atoms with E-state index in [9.17, 15) is 9.59 Å². The molecular weight excluding hydrogens is 550 g/mol. The second kappa shape index (κ2) is 12.2. The average Bonchev–Trinajstić information content (AvgIpc) is 2.95. The van der Waals surface area contributed by atoms with Crippen LogP contribution in [0, 0.1) is 0 Å².